The summed E-state index contributed by atoms with van der Waals surface area (Å²) in [7, 11) is 0. The van der Waals surface area contributed by atoms with Gasteiger partial charge in [0, 0.05) is 6.54 Å². The predicted octanol–water partition coefficient (Wildman–Crippen LogP) is 0.902. The van der Waals surface area contributed by atoms with Crippen LogP contribution in [0.25, 0.3) is 6.08 Å². The third-order valence-corrected chi connectivity index (χ3v) is 2.05. The fourth-order valence-corrected chi connectivity index (χ4v) is 1.15. The van der Waals surface area contributed by atoms with Gasteiger partial charge in [0.05, 0.1) is 5.57 Å². The summed E-state index contributed by atoms with van der Waals surface area (Å²) < 4.78 is 0. The number of carbonyl (C=O) groups excluding carboxylic acids is 2. The second kappa shape index (κ2) is 5.82. The van der Waals surface area contributed by atoms with Gasteiger partial charge in [0.15, 0.2) is 0 Å². The van der Waals surface area contributed by atoms with Crippen molar-refractivity contribution in [3.8, 4) is 0 Å². The second-order valence-electron chi connectivity index (χ2n) is 3.16. The van der Waals surface area contributed by atoms with Gasteiger partial charge in [0.2, 0.25) is 6.29 Å². The fourth-order valence-electron chi connectivity index (χ4n) is 1.15. The van der Waals surface area contributed by atoms with Crippen LogP contribution < -0.4 is 5.84 Å². The molecule has 1 aromatic carbocycles. The Kier molecular flexibility index (Phi) is 4.42. The minimum atomic E-state index is -0.527. The predicted molar refractivity (Wildman–Crippen MR) is 61.7 cm³/mol. The third kappa shape index (κ3) is 3.03. The van der Waals surface area contributed by atoms with E-state index in [1.807, 2.05) is 18.2 Å². The van der Waals surface area contributed by atoms with Gasteiger partial charge < -0.3 is 0 Å². The van der Waals surface area contributed by atoms with Gasteiger partial charge in [-0.2, -0.15) is 0 Å². The van der Waals surface area contributed by atoms with Crippen molar-refractivity contribution >= 4 is 18.3 Å². The molecule has 2 N–H and O–H groups in total. The zero-order valence-corrected chi connectivity index (χ0v) is 9.01. The maximum absolute atomic E-state index is 11.6. The quantitative estimate of drug-likeness (QED) is 0.203. The van der Waals surface area contributed by atoms with Gasteiger partial charge in [-0.05, 0) is 18.6 Å². The molecule has 83 valence electrons. The molecule has 1 rings (SSSR count). The number of amides is 1. The van der Waals surface area contributed by atoms with Crippen LogP contribution in [0.5, 0.6) is 0 Å². The number of likely N-dealkylation sites (N-methyl/N-ethyl adjacent to an activating group) is 1. The molecule has 0 saturated heterocycles. The average molecular weight is 217 g/mol. The van der Waals surface area contributed by atoms with E-state index in [9.17, 15) is 9.59 Å². The third-order valence-electron chi connectivity index (χ3n) is 2.05. The Bertz CT molecular complexity index is 399. The van der Waals surface area contributed by atoms with Crippen LogP contribution in [-0.4, -0.2) is 23.7 Å². The first-order valence-electron chi connectivity index (χ1n) is 4.90. The van der Waals surface area contributed by atoms with Crippen molar-refractivity contribution in [2.75, 3.05) is 6.54 Å². The van der Waals surface area contributed by atoms with E-state index in [0.29, 0.717) is 6.54 Å². The molecule has 1 aromatic rings. The lowest BCUT2D eigenvalue weighted by molar-refractivity contribution is -0.126. The zero-order chi connectivity index (χ0) is 12.0. The van der Waals surface area contributed by atoms with Crippen molar-refractivity contribution in [3.05, 3.63) is 41.5 Å². The Labute approximate surface area is 94.3 Å². The highest BCUT2D eigenvalue weighted by Gasteiger charge is 2.13. The largest absolute Gasteiger partial charge is 0.285 e. The number of hydrazine groups is 1. The van der Waals surface area contributed by atoms with Crippen molar-refractivity contribution in [2.45, 2.75) is 6.92 Å². The fraction of sp³-hybridized carbons (Fsp3) is 0.167. The Morgan fingerprint density at radius 3 is 2.56 bits per heavy atom. The molecule has 0 saturated carbocycles. The van der Waals surface area contributed by atoms with Crippen LogP contribution in [0.1, 0.15) is 12.5 Å². The van der Waals surface area contributed by atoms with E-state index in [-0.39, 0.29) is 5.57 Å². The van der Waals surface area contributed by atoms with Gasteiger partial charge >= 0.3 is 0 Å². The van der Waals surface area contributed by atoms with Crippen molar-refractivity contribution in [1.82, 2.24) is 5.01 Å². The first-order valence-corrected chi connectivity index (χ1v) is 4.90. The number of hydrogen-bond acceptors (Lipinski definition) is 3. The molecule has 0 fully saturated rings. The molecule has 0 atom stereocenters. The highest BCUT2D eigenvalue weighted by atomic mass is 16.2. The molecule has 0 aliphatic carbocycles. The number of nitrogens with two attached hydrogens (primary N) is 1. The van der Waals surface area contributed by atoms with E-state index in [1.54, 1.807) is 25.3 Å². The molecule has 1 amide bonds. The van der Waals surface area contributed by atoms with Gasteiger partial charge in [-0.15, -0.1) is 0 Å². The summed E-state index contributed by atoms with van der Waals surface area (Å²) >= 11 is 0. The van der Waals surface area contributed by atoms with E-state index in [1.165, 1.54) is 6.08 Å². The number of hydrogen-bond donors (Lipinski definition) is 1. The smallest absolute Gasteiger partial charge is 0.271 e. The van der Waals surface area contributed by atoms with Crippen LogP contribution in [0.3, 0.4) is 0 Å². The first kappa shape index (κ1) is 12.1. The van der Waals surface area contributed by atoms with Crippen molar-refractivity contribution in [1.29, 1.82) is 0 Å². The number of carbonyl (C=O) groups is 1. The second-order valence-corrected chi connectivity index (χ2v) is 3.16. The average Bonchev–Trinajstić information content (AvgIpc) is 2.35. The van der Waals surface area contributed by atoms with Crippen LogP contribution in [0.15, 0.2) is 35.9 Å². The topological polar surface area (TPSA) is 63.4 Å². The van der Waals surface area contributed by atoms with Crippen molar-refractivity contribution < 1.29 is 9.59 Å². The number of rotatable bonds is 4. The summed E-state index contributed by atoms with van der Waals surface area (Å²) in [6.07, 6.45) is 3.07. The lowest BCUT2D eigenvalue weighted by atomic mass is 10.1. The van der Waals surface area contributed by atoms with Crippen LogP contribution in [0.2, 0.25) is 0 Å². The van der Waals surface area contributed by atoms with Crippen LogP contribution >= 0.6 is 0 Å². The Morgan fingerprint density at radius 2 is 2.06 bits per heavy atom. The SMILES string of the molecule is CCN(N)C(=O)C([C]=O)=Cc1ccccc1. The summed E-state index contributed by atoms with van der Waals surface area (Å²) in [5.41, 5.74) is 0.689. The minimum Gasteiger partial charge on any atom is -0.285 e. The molecule has 0 bridgehead atoms. The monoisotopic (exact) mass is 217 g/mol. The molecular weight excluding hydrogens is 204 g/mol. The molecular formula is C12H13N2O2. The van der Waals surface area contributed by atoms with Crippen molar-refractivity contribution in [3.63, 3.8) is 0 Å². The molecule has 0 spiro atoms. The molecule has 4 nitrogen and oxygen atoms in total. The lowest BCUT2D eigenvalue weighted by Crippen LogP contribution is -2.38. The Hall–Kier alpha value is -1.94. The highest BCUT2D eigenvalue weighted by molar-refractivity contribution is 6.14. The van der Waals surface area contributed by atoms with E-state index in [4.69, 9.17) is 5.84 Å². The van der Waals surface area contributed by atoms with Crippen LogP contribution in [0.4, 0.5) is 0 Å². The van der Waals surface area contributed by atoms with E-state index < -0.39 is 5.91 Å². The number of nitrogens with zero attached hydrogens (tertiary/aromatic N) is 1. The standard InChI is InChI=1S/C12H13N2O2/c1-2-14(13)12(16)11(9-15)8-10-6-4-3-5-7-10/h3-8H,2,13H2,1H3. The van der Waals surface area contributed by atoms with Gasteiger partial charge in [0.25, 0.3) is 5.91 Å². The van der Waals surface area contributed by atoms with Gasteiger partial charge in [-0.1, -0.05) is 30.3 Å². The highest BCUT2D eigenvalue weighted by Crippen LogP contribution is 2.06. The minimum absolute atomic E-state index is 0.0736. The molecule has 16 heavy (non-hydrogen) atoms. The van der Waals surface area contributed by atoms with E-state index in [2.05, 4.69) is 0 Å². The maximum Gasteiger partial charge on any atom is 0.271 e. The zero-order valence-electron chi connectivity index (χ0n) is 9.01. The molecule has 0 unspecified atom stereocenters. The summed E-state index contributed by atoms with van der Waals surface area (Å²) in [5, 5.41) is 0.972. The molecule has 4 heteroatoms. The van der Waals surface area contributed by atoms with Crippen LogP contribution in [-0.2, 0) is 9.59 Å². The molecule has 0 aliphatic heterocycles. The molecule has 0 aromatic heterocycles. The molecule has 0 heterocycles. The molecule has 0 aliphatic rings. The van der Waals surface area contributed by atoms with E-state index in [0.717, 1.165) is 10.6 Å². The summed E-state index contributed by atoms with van der Waals surface area (Å²) in [6, 6.07) is 9.07. The van der Waals surface area contributed by atoms with E-state index >= 15 is 0 Å². The molecule has 1 radical (unpaired) electrons. The van der Waals surface area contributed by atoms with Crippen molar-refractivity contribution in [2.24, 2.45) is 5.84 Å². The Balaban J connectivity index is 2.95. The van der Waals surface area contributed by atoms with Gasteiger partial charge in [-0.3, -0.25) is 14.6 Å². The summed E-state index contributed by atoms with van der Waals surface area (Å²) in [4.78, 5) is 22.3. The van der Waals surface area contributed by atoms with Crippen LogP contribution in [0, 0.1) is 0 Å². The lowest BCUT2D eigenvalue weighted by Gasteiger charge is -2.12. The first-order chi connectivity index (χ1) is 7.69. The summed E-state index contributed by atoms with van der Waals surface area (Å²) in [6.45, 7) is 2.06. The van der Waals surface area contributed by atoms with Gasteiger partial charge in [0.1, 0.15) is 0 Å². The number of benzene rings is 1. The normalized spacial score (nSPS) is 11.0. The van der Waals surface area contributed by atoms with Gasteiger partial charge in [-0.25, -0.2) is 5.84 Å². The summed E-state index contributed by atoms with van der Waals surface area (Å²) in [5.74, 6) is 4.88. The maximum atomic E-state index is 11.6. The Morgan fingerprint density at radius 1 is 1.44 bits per heavy atom.